The highest BCUT2D eigenvalue weighted by atomic mass is 19.1. The number of amides is 1. The van der Waals surface area contributed by atoms with Crippen molar-refractivity contribution in [3.05, 3.63) is 48.3 Å². The molecule has 2 nitrogen and oxygen atoms in total. The second kappa shape index (κ2) is 4.56. The van der Waals surface area contributed by atoms with E-state index in [9.17, 15) is 9.18 Å². The molecule has 1 aromatic rings. The Kier molecular flexibility index (Phi) is 3.40. The molecule has 14 heavy (non-hydrogen) atoms. The van der Waals surface area contributed by atoms with Gasteiger partial charge in [0.2, 0.25) is 5.91 Å². The third kappa shape index (κ3) is 2.69. The molecule has 1 aromatic carbocycles. The van der Waals surface area contributed by atoms with E-state index in [0.29, 0.717) is 0 Å². The Morgan fingerprint density at radius 3 is 2.50 bits per heavy atom. The van der Waals surface area contributed by atoms with Crippen LogP contribution in [-0.4, -0.2) is 5.91 Å². The van der Waals surface area contributed by atoms with E-state index in [1.807, 2.05) is 0 Å². The Morgan fingerprint density at radius 1 is 1.50 bits per heavy atom. The van der Waals surface area contributed by atoms with Gasteiger partial charge >= 0.3 is 0 Å². The molecule has 0 fully saturated rings. The fourth-order valence-electron chi connectivity index (χ4n) is 1.17. The molecule has 0 aliphatic rings. The van der Waals surface area contributed by atoms with Crippen LogP contribution >= 0.6 is 0 Å². The summed E-state index contributed by atoms with van der Waals surface area (Å²) in [7, 11) is 0. The first kappa shape index (κ1) is 10.4. The summed E-state index contributed by atoms with van der Waals surface area (Å²) in [6, 6.07) is 5.70. The summed E-state index contributed by atoms with van der Waals surface area (Å²) in [5, 5.41) is 2.69. The van der Waals surface area contributed by atoms with E-state index in [1.165, 1.54) is 19.1 Å². The van der Waals surface area contributed by atoms with Crippen molar-refractivity contribution >= 4 is 5.91 Å². The van der Waals surface area contributed by atoms with Gasteiger partial charge in [0, 0.05) is 6.92 Å². The number of rotatable bonds is 3. The van der Waals surface area contributed by atoms with Gasteiger partial charge in [0.15, 0.2) is 0 Å². The highest BCUT2D eigenvalue weighted by molar-refractivity contribution is 5.73. The lowest BCUT2D eigenvalue weighted by Gasteiger charge is -2.13. The van der Waals surface area contributed by atoms with E-state index >= 15 is 0 Å². The third-order valence-electron chi connectivity index (χ3n) is 1.82. The quantitative estimate of drug-likeness (QED) is 0.732. The molecule has 0 bridgehead atoms. The summed E-state index contributed by atoms with van der Waals surface area (Å²) in [4.78, 5) is 10.8. The van der Waals surface area contributed by atoms with Gasteiger partial charge in [-0.05, 0) is 17.7 Å². The maximum absolute atomic E-state index is 12.6. The van der Waals surface area contributed by atoms with E-state index < -0.39 is 0 Å². The second-order valence-electron chi connectivity index (χ2n) is 2.97. The summed E-state index contributed by atoms with van der Waals surface area (Å²) in [6.07, 6.45) is 1.61. The van der Waals surface area contributed by atoms with Crippen LogP contribution in [0, 0.1) is 5.82 Å². The van der Waals surface area contributed by atoms with Crippen molar-refractivity contribution in [2.75, 3.05) is 0 Å². The zero-order chi connectivity index (χ0) is 10.6. The molecule has 1 N–H and O–H groups in total. The number of hydrogen-bond acceptors (Lipinski definition) is 1. The van der Waals surface area contributed by atoms with Gasteiger partial charge in [0.05, 0.1) is 6.04 Å². The smallest absolute Gasteiger partial charge is 0.217 e. The fraction of sp³-hybridized carbons (Fsp3) is 0.182. The molecule has 3 heteroatoms. The minimum atomic E-state index is -0.292. The van der Waals surface area contributed by atoms with E-state index in [-0.39, 0.29) is 17.8 Å². The van der Waals surface area contributed by atoms with Crippen LogP contribution in [0.5, 0.6) is 0 Å². The predicted octanol–water partition coefficient (Wildman–Crippen LogP) is 2.19. The largest absolute Gasteiger partial charge is 0.346 e. The molecule has 0 aromatic heterocycles. The SMILES string of the molecule is C=C[C@@H](NC(C)=O)c1ccc(F)cc1. The zero-order valence-corrected chi connectivity index (χ0v) is 7.96. The highest BCUT2D eigenvalue weighted by Crippen LogP contribution is 2.14. The average molecular weight is 193 g/mol. The first-order valence-electron chi connectivity index (χ1n) is 4.28. The molecule has 74 valence electrons. The number of hydrogen-bond donors (Lipinski definition) is 1. The van der Waals surface area contributed by atoms with E-state index in [4.69, 9.17) is 0 Å². The monoisotopic (exact) mass is 193 g/mol. The molecule has 0 saturated carbocycles. The normalized spacial score (nSPS) is 11.9. The van der Waals surface area contributed by atoms with Crippen LogP contribution < -0.4 is 5.32 Å². The summed E-state index contributed by atoms with van der Waals surface area (Å²) in [5.74, 6) is -0.432. The van der Waals surface area contributed by atoms with Crippen molar-refractivity contribution < 1.29 is 9.18 Å². The lowest BCUT2D eigenvalue weighted by atomic mass is 10.1. The lowest BCUT2D eigenvalue weighted by molar-refractivity contribution is -0.119. The average Bonchev–Trinajstić information content (AvgIpc) is 2.15. The van der Waals surface area contributed by atoms with Gasteiger partial charge in [0.1, 0.15) is 5.82 Å². The molecule has 0 spiro atoms. The number of carbonyl (C=O) groups is 1. The molecule has 0 aliphatic heterocycles. The molecule has 1 atom stereocenters. The van der Waals surface area contributed by atoms with Gasteiger partial charge in [-0.2, -0.15) is 0 Å². The molecule has 1 amide bonds. The van der Waals surface area contributed by atoms with Gasteiger partial charge < -0.3 is 5.32 Å². The zero-order valence-electron chi connectivity index (χ0n) is 7.96. The number of nitrogens with one attached hydrogen (secondary N) is 1. The van der Waals surface area contributed by atoms with Gasteiger partial charge in [0.25, 0.3) is 0 Å². The molecular formula is C11H12FNO. The summed E-state index contributed by atoms with van der Waals surface area (Å²) in [6.45, 7) is 5.03. The van der Waals surface area contributed by atoms with Crippen molar-refractivity contribution in [2.45, 2.75) is 13.0 Å². The number of benzene rings is 1. The van der Waals surface area contributed by atoms with Crippen molar-refractivity contribution in [1.82, 2.24) is 5.32 Å². The first-order valence-corrected chi connectivity index (χ1v) is 4.28. The fourth-order valence-corrected chi connectivity index (χ4v) is 1.17. The van der Waals surface area contributed by atoms with Gasteiger partial charge in [-0.15, -0.1) is 6.58 Å². The predicted molar refractivity (Wildman–Crippen MR) is 53.2 cm³/mol. The Morgan fingerprint density at radius 2 is 2.07 bits per heavy atom. The minimum Gasteiger partial charge on any atom is -0.346 e. The minimum absolute atomic E-state index is 0.140. The van der Waals surface area contributed by atoms with Crippen molar-refractivity contribution in [2.24, 2.45) is 0 Å². The second-order valence-corrected chi connectivity index (χ2v) is 2.97. The van der Waals surface area contributed by atoms with E-state index in [1.54, 1.807) is 18.2 Å². The van der Waals surface area contributed by atoms with Crippen LogP contribution in [0.3, 0.4) is 0 Å². The topological polar surface area (TPSA) is 29.1 Å². The Bertz CT molecular complexity index is 332. The van der Waals surface area contributed by atoms with Crippen LogP contribution in [-0.2, 0) is 4.79 Å². The van der Waals surface area contributed by atoms with E-state index in [0.717, 1.165) is 5.56 Å². The Balaban J connectivity index is 2.84. The van der Waals surface area contributed by atoms with Crippen LogP contribution in [0.4, 0.5) is 4.39 Å². The molecule has 0 radical (unpaired) electrons. The summed E-state index contributed by atoms with van der Waals surface area (Å²) >= 11 is 0. The molecule has 0 heterocycles. The first-order chi connectivity index (χ1) is 6.63. The third-order valence-corrected chi connectivity index (χ3v) is 1.82. The Labute approximate surface area is 82.4 Å². The standard InChI is InChI=1S/C11H12FNO/c1-3-11(13-8(2)14)9-4-6-10(12)7-5-9/h3-7,11H,1H2,2H3,(H,13,14)/t11-/m1/s1. The molecular weight excluding hydrogens is 181 g/mol. The van der Waals surface area contributed by atoms with Crippen molar-refractivity contribution in [1.29, 1.82) is 0 Å². The molecule has 1 rings (SSSR count). The van der Waals surface area contributed by atoms with Crippen molar-refractivity contribution in [3.63, 3.8) is 0 Å². The van der Waals surface area contributed by atoms with Gasteiger partial charge in [-0.25, -0.2) is 4.39 Å². The van der Waals surface area contributed by atoms with Crippen LogP contribution in [0.2, 0.25) is 0 Å². The molecule has 0 saturated heterocycles. The maximum atomic E-state index is 12.6. The summed E-state index contributed by atoms with van der Waals surface area (Å²) in [5.41, 5.74) is 0.816. The Hall–Kier alpha value is -1.64. The van der Waals surface area contributed by atoms with Crippen LogP contribution in [0.25, 0.3) is 0 Å². The van der Waals surface area contributed by atoms with E-state index in [2.05, 4.69) is 11.9 Å². The van der Waals surface area contributed by atoms with Gasteiger partial charge in [-0.3, -0.25) is 4.79 Å². The lowest BCUT2D eigenvalue weighted by Crippen LogP contribution is -2.24. The molecule has 0 unspecified atom stereocenters. The number of carbonyl (C=O) groups excluding carboxylic acids is 1. The number of halogens is 1. The van der Waals surface area contributed by atoms with Crippen LogP contribution in [0.1, 0.15) is 18.5 Å². The maximum Gasteiger partial charge on any atom is 0.217 e. The van der Waals surface area contributed by atoms with Crippen molar-refractivity contribution in [3.8, 4) is 0 Å². The van der Waals surface area contributed by atoms with Gasteiger partial charge in [-0.1, -0.05) is 18.2 Å². The van der Waals surface area contributed by atoms with Crippen LogP contribution in [0.15, 0.2) is 36.9 Å². The summed E-state index contributed by atoms with van der Waals surface area (Å²) < 4.78 is 12.6. The highest BCUT2D eigenvalue weighted by Gasteiger charge is 2.07. The molecule has 0 aliphatic carbocycles.